The molecule has 138 valence electrons. The lowest BCUT2D eigenvalue weighted by molar-refractivity contribution is -0.124. The highest BCUT2D eigenvalue weighted by Gasteiger charge is 2.32. The van der Waals surface area contributed by atoms with Crippen molar-refractivity contribution in [2.75, 3.05) is 18.1 Å². The van der Waals surface area contributed by atoms with Crippen molar-refractivity contribution in [3.8, 4) is 0 Å². The van der Waals surface area contributed by atoms with E-state index in [4.69, 9.17) is 12.2 Å². The molecule has 3 rings (SSSR count). The number of thiocarbonyl (C=S) groups is 1. The van der Waals surface area contributed by atoms with Crippen molar-refractivity contribution < 1.29 is 14.7 Å². The van der Waals surface area contributed by atoms with Crippen LogP contribution in [0.15, 0.2) is 35.2 Å². The summed E-state index contributed by atoms with van der Waals surface area (Å²) in [6.45, 7) is 0.423. The number of amides is 2. The Kier molecular flexibility index (Phi) is 6.74. The van der Waals surface area contributed by atoms with Crippen molar-refractivity contribution in [1.82, 2.24) is 10.2 Å². The van der Waals surface area contributed by atoms with Gasteiger partial charge >= 0.3 is 0 Å². The van der Waals surface area contributed by atoms with Crippen LogP contribution < -0.4 is 5.32 Å². The first-order valence-corrected chi connectivity index (χ1v) is 10.8. The third kappa shape index (κ3) is 4.88. The van der Waals surface area contributed by atoms with Gasteiger partial charge in [0.2, 0.25) is 5.91 Å². The average molecular weight is 409 g/mol. The summed E-state index contributed by atoms with van der Waals surface area (Å²) < 4.78 is 0.528. The maximum absolute atomic E-state index is 12.5. The second-order valence-corrected chi connectivity index (χ2v) is 8.88. The molecule has 2 atom stereocenters. The van der Waals surface area contributed by atoms with Crippen molar-refractivity contribution in [2.45, 2.75) is 25.0 Å². The highest BCUT2D eigenvalue weighted by molar-refractivity contribution is 8.26. The number of carbonyl (C=O) groups is 2. The average Bonchev–Trinajstić information content (AvgIpc) is 3.13. The second kappa shape index (κ2) is 9.03. The maximum Gasteiger partial charge on any atom is 0.266 e. The molecule has 2 N–H and O–H groups in total. The van der Waals surface area contributed by atoms with Crippen molar-refractivity contribution in [3.63, 3.8) is 0 Å². The number of hydrogen-bond donors (Lipinski definition) is 2. The first-order valence-electron chi connectivity index (χ1n) is 8.40. The van der Waals surface area contributed by atoms with E-state index in [1.54, 1.807) is 16.7 Å². The number of thioether (sulfide) groups is 2. The van der Waals surface area contributed by atoms with Crippen LogP contribution in [-0.4, -0.2) is 56.3 Å². The zero-order chi connectivity index (χ0) is 18.5. The lowest BCUT2D eigenvalue weighted by Gasteiger charge is -2.17. The van der Waals surface area contributed by atoms with Crippen LogP contribution in [0.3, 0.4) is 0 Å². The van der Waals surface area contributed by atoms with E-state index in [9.17, 15) is 14.7 Å². The summed E-state index contributed by atoms with van der Waals surface area (Å²) in [5.74, 6) is 1.20. The first-order chi connectivity index (χ1) is 12.5. The molecule has 0 bridgehead atoms. The molecular weight excluding hydrogens is 388 g/mol. The van der Waals surface area contributed by atoms with E-state index in [0.717, 1.165) is 11.3 Å². The van der Waals surface area contributed by atoms with Gasteiger partial charge < -0.3 is 10.4 Å². The molecule has 5 nitrogen and oxygen atoms in total. The Morgan fingerprint density at radius 2 is 2.12 bits per heavy atom. The molecule has 1 aromatic rings. The van der Waals surface area contributed by atoms with Gasteiger partial charge in [0, 0.05) is 24.5 Å². The fraction of sp³-hybridized carbons (Fsp3) is 0.389. The van der Waals surface area contributed by atoms with E-state index in [1.165, 1.54) is 11.8 Å². The fourth-order valence-corrected chi connectivity index (χ4v) is 5.23. The van der Waals surface area contributed by atoms with Gasteiger partial charge in [0.05, 0.1) is 17.1 Å². The van der Waals surface area contributed by atoms with E-state index in [0.29, 0.717) is 34.4 Å². The zero-order valence-electron chi connectivity index (χ0n) is 14.1. The lowest BCUT2D eigenvalue weighted by atomic mass is 10.2. The predicted molar refractivity (Wildman–Crippen MR) is 111 cm³/mol. The van der Waals surface area contributed by atoms with E-state index in [2.05, 4.69) is 5.32 Å². The monoisotopic (exact) mass is 408 g/mol. The Morgan fingerprint density at radius 1 is 1.35 bits per heavy atom. The van der Waals surface area contributed by atoms with Gasteiger partial charge in [-0.1, -0.05) is 54.3 Å². The van der Waals surface area contributed by atoms with Crippen molar-refractivity contribution in [2.24, 2.45) is 0 Å². The summed E-state index contributed by atoms with van der Waals surface area (Å²) in [6.07, 6.45) is 2.21. The topological polar surface area (TPSA) is 69.6 Å². The second-order valence-electron chi connectivity index (χ2n) is 6.13. The molecule has 0 aliphatic carbocycles. The fourth-order valence-electron chi connectivity index (χ4n) is 2.75. The van der Waals surface area contributed by atoms with Gasteiger partial charge in [0.1, 0.15) is 4.32 Å². The molecule has 1 aromatic carbocycles. The number of aliphatic hydroxyl groups excluding tert-OH is 1. The Labute approximate surface area is 166 Å². The number of aliphatic hydroxyl groups is 1. The number of nitrogens with zero attached hydrogens (tertiary/aromatic N) is 1. The minimum atomic E-state index is -0.473. The van der Waals surface area contributed by atoms with Gasteiger partial charge in [0.25, 0.3) is 5.91 Å². The molecule has 2 aliphatic heterocycles. The molecule has 2 amide bonds. The SMILES string of the molecule is O=C(CCCN1C(=O)/C(=C/c2ccccc2)SC1=S)NC1CSCC1O. The largest absolute Gasteiger partial charge is 0.390 e. The highest BCUT2D eigenvalue weighted by atomic mass is 32.2. The third-order valence-corrected chi connectivity index (χ3v) is 6.70. The van der Waals surface area contributed by atoms with E-state index in [-0.39, 0.29) is 17.9 Å². The summed E-state index contributed by atoms with van der Waals surface area (Å²) >= 11 is 8.24. The van der Waals surface area contributed by atoms with Crippen molar-refractivity contribution in [1.29, 1.82) is 0 Å². The standard InChI is InChI=1S/C18H20N2O3S3/c21-14-11-25-10-13(14)19-16(22)7-4-8-20-17(23)15(26-18(20)24)9-12-5-2-1-3-6-12/h1-3,5-6,9,13-14,21H,4,7-8,10-11H2,(H,19,22)/b15-9-. The normalized spacial score (nSPS) is 24.5. The first kappa shape index (κ1) is 19.4. The number of hydrogen-bond acceptors (Lipinski definition) is 6. The summed E-state index contributed by atoms with van der Waals surface area (Å²) in [5.41, 5.74) is 0.959. The summed E-state index contributed by atoms with van der Waals surface area (Å²) in [4.78, 5) is 26.7. The molecule has 2 fully saturated rings. The van der Waals surface area contributed by atoms with Gasteiger partial charge in [-0.3, -0.25) is 14.5 Å². The van der Waals surface area contributed by atoms with Crippen LogP contribution in [0.4, 0.5) is 0 Å². The molecule has 0 spiro atoms. The summed E-state index contributed by atoms with van der Waals surface area (Å²) in [7, 11) is 0. The Balaban J connectivity index is 1.49. The molecule has 26 heavy (non-hydrogen) atoms. The van der Waals surface area contributed by atoms with E-state index >= 15 is 0 Å². The van der Waals surface area contributed by atoms with Crippen LogP contribution in [0.5, 0.6) is 0 Å². The van der Waals surface area contributed by atoms with Gasteiger partial charge in [-0.2, -0.15) is 11.8 Å². The van der Waals surface area contributed by atoms with Crippen LogP contribution in [0, 0.1) is 0 Å². The van der Waals surface area contributed by atoms with Gasteiger partial charge in [-0.25, -0.2) is 0 Å². The van der Waals surface area contributed by atoms with Crippen molar-refractivity contribution in [3.05, 3.63) is 40.8 Å². The third-order valence-electron chi connectivity index (χ3n) is 4.15. The molecule has 2 heterocycles. The lowest BCUT2D eigenvalue weighted by Crippen LogP contribution is -2.42. The molecule has 0 aromatic heterocycles. The number of nitrogens with one attached hydrogen (secondary N) is 1. The van der Waals surface area contributed by atoms with Gasteiger partial charge in [0.15, 0.2) is 0 Å². The van der Waals surface area contributed by atoms with E-state index in [1.807, 2.05) is 36.4 Å². The van der Waals surface area contributed by atoms with Crippen LogP contribution in [0.2, 0.25) is 0 Å². The summed E-state index contributed by atoms with van der Waals surface area (Å²) in [5, 5.41) is 12.6. The van der Waals surface area contributed by atoms with Crippen molar-refractivity contribution >= 4 is 58.0 Å². The zero-order valence-corrected chi connectivity index (χ0v) is 16.5. The van der Waals surface area contributed by atoms with E-state index < -0.39 is 6.10 Å². The van der Waals surface area contributed by atoms with Gasteiger partial charge in [-0.05, 0) is 18.1 Å². The number of rotatable bonds is 6. The molecular formula is C18H20N2O3S3. The maximum atomic E-state index is 12.5. The molecule has 8 heteroatoms. The van der Waals surface area contributed by atoms with Crippen LogP contribution >= 0.6 is 35.7 Å². The Bertz CT molecular complexity index is 724. The van der Waals surface area contributed by atoms with Crippen LogP contribution in [-0.2, 0) is 9.59 Å². The van der Waals surface area contributed by atoms with Crippen LogP contribution in [0.1, 0.15) is 18.4 Å². The highest BCUT2D eigenvalue weighted by Crippen LogP contribution is 2.32. The smallest absolute Gasteiger partial charge is 0.266 e. The molecule has 2 saturated heterocycles. The minimum Gasteiger partial charge on any atom is -0.390 e. The molecule has 0 saturated carbocycles. The summed E-state index contributed by atoms with van der Waals surface area (Å²) in [6, 6.07) is 9.48. The quantitative estimate of drug-likeness (QED) is 0.556. The Hall–Kier alpha value is -1.35. The van der Waals surface area contributed by atoms with Crippen LogP contribution in [0.25, 0.3) is 6.08 Å². The van der Waals surface area contributed by atoms with Gasteiger partial charge in [-0.15, -0.1) is 0 Å². The minimum absolute atomic E-state index is 0.0955. The predicted octanol–water partition coefficient (Wildman–Crippen LogP) is 2.26. The molecule has 0 radical (unpaired) electrons. The number of carbonyl (C=O) groups excluding carboxylic acids is 2. The number of benzene rings is 1. The molecule has 2 aliphatic rings. The Morgan fingerprint density at radius 3 is 2.81 bits per heavy atom. The molecule has 2 unspecified atom stereocenters.